The Kier molecular flexibility index (Phi) is 2.84. The van der Waals surface area contributed by atoms with Crippen molar-refractivity contribution in [3.63, 3.8) is 0 Å². The van der Waals surface area contributed by atoms with Crippen LogP contribution in [-0.2, 0) is 9.84 Å². The van der Waals surface area contributed by atoms with Gasteiger partial charge in [0.25, 0.3) is 0 Å². The molecule has 16 heavy (non-hydrogen) atoms. The second kappa shape index (κ2) is 4.01. The van der Waals surface area contributed by atoms with Gasteiger partial charge < -0.3 is 0 Å². The molecule has 1 aliphatic heterocycles. The Balaban J connectivity index is 2.29. The van der Waals surface area contributed by atoms with Crippen LogP contribution in [0.4, 0.5) is 0 Å². The molecule has 4 heteroatoms. The number of sulfone groups is 1. The molecule has 0 aliphatic carbocycles. The number of hydrogen-bond acceptors (Lipinski definition) is 3. The number of ketones is 1. The molecule has 3 nitrogen and oxygen atoms in total. The zero-order valence-electron chi connectivity index (χ0n) is 9.14. The number of hydrogen-bond donors (Lipinski definition) is 0. The summed E-state index contributed by atoms with van der Waals surface area (Å²) in [5.41, 5.74) is 1.56. The van der Waals surface area contributed by atoms with Gasteiger partial charge in [-0.1, -0.05) is 29.8 Å². The van der Waals surface area contributed by atoms with Crippen LogP contribution in [-0.4, -0.2) is 25.2 Å². The molecule has 0 aromatic heterocycles. The standard InChI is InChI=1S/C12H14O3S/c1-9-4-6-10(7-5-9)12(13)11-3-2-8-16(11,14)15/h4-7,11H,2-3,8H2,1H3. The van der Waals surface area contributed by atoms with Gasteiger partial charge in [-0.15, -0.1) is 0 Å². The fourth-order valence-electron chi connectivity index (χ4n) is 1.99. The fraction of sp³-hybridized carbons (Fsp3) is 0.417. The molecular weight excluding hydrogens is 224 g/mol. The summed E-state index contributed by atoms with van der Waals surface area (Å²) >= 11 is 0. The van der Waals surface area contributed by atoms with E-state index in [0.29, 0.717) is 18.4 Å². The minimum atomic E-state index is -3.19. The van der Waals surface area contributed by atoms with Gasteiger partial charge in [-0.05, 0) is 19.8 Å². The molecule has 0 saturated carbocycles. The first-order valence-corrected chi connectivity index (χ1v) is 7.05. The summed E-state index contributed by atoms with van der Waals surface area (Å²) in [6.07, 6.45) is 1.07. The van der Waals surface area contributed by atoms with Gasteiger partial charge in [-0.2, -0.15) is 0 Å². The van der Waals surface area contributed by atoms with Crippen LogP contribution in [0.2, 0.25) is 0 Å². The number of carbonyl (C=O) groups is 1. The predicted molar refractivity (Wildman–Crippen MR) is 62.3 cm³/mol. The molecule has 0 spiro atoms. The van der Waals surface area contributed by atoms with E-state index in [-0.39, 0.29) is 11.5 Å². The largest absolute Gasteiger partial charge is 0.293 e. The van der Waals surface area contributed by atoms with Gasteiger partial charge in [-0.3, -0.25) is 4.79 Å². The zero-order chi connectivity index (χ0) is 11.8. The molecule has 86 valence electrons. The van der Waals surface area contributed by atoms with E-state index in [9.17, 15) is 13.2 Å². The van der Waals surface area contributed by atoms with E-state index in [1.165, 1.54) is 0 Å². The lowest BCUT2D eigenvalue weighted by Crippen LogP contribution is -2.26. The van der Waals surface area contributed by atoms with Gasteiger partial charge in [-0.25, -0.2) is 8.42 Å². The van der Waals surface area contributed by atoms with Crippen molar-refractivity contribution in [3.8, 4) is 0 Å². The van der Waals surface area contributed by atoms with Gasteiger partial charge in [0, 0.05) is 5.56 Å². The summed E-state index contributed by atoms with van der Waals surface area (Å²) in [7, 11) is -3.19. The molecule has 1 fully saturated rings. The molecule has 1 saturated heterocycles. The first-order chi connectivity index (χ1) is 7.50. The molecule has 0 amide bonds. The first kappa shape index (κ1) is 11.3. The topological polar surface area (TPSA) is 51.2 Å². The van der Waals surface area contributed by atoms with Gasteiger partial charge in [0.15, 0.2) is 15.6 Å². The summed E-state index contributed by atoms with van der Waals surface area (Å²) < 4.78 is 23.2. The zero-order valence-corrected chi connectivity index (χ0v) is 9.96. The third kappa shape index (κ3) is 2.02. The van der Waals surface area contributed by atoms with Crippen LogP contribution in [0, 0.1) is 6.92 Å². The lowest BCUT2D eigenvalue weighted by atomic mass is 10.0. The molecular formula is C12H14O3S. The SMILES string of the molecule is Cc1ccc(C(=O)C2CCCS2(=O)=O)cc1. The van der Waals surface area contributed by atoms with Crippen molar-refractivity contribution < 1.29 is 13.2 Å². The number of benzene rings is 1. The number of aryl methyl sites for hydroxylation is 1. The molecule has 1 aromatic carbocycles. The molecule has 1 heterocycles. The highest BCUT2D eigenvalue weighted by Crippen LogP contribution is 2.23. The Morgan fingerprint density at radius 2 is 1.88 bits per heavy atom. The molecule has 1 aliphatic rings. The van der Waals surface area contributed by atoms with Gasteiger partial charge in [0.2, 0.25) is 0 Å². The lowest BCUT2D eigenvalue weighted by Gasteiger charge is -2.08. The van der Waals surface area contributed by atoms with E-state index in [1.807, 2.05) is 19.1 Å². The van der Waals surface area contributed by atoms with E-state index < -0.39 is 15.1 Å². The number of carbonyl (C=O) groups excluding carboxylic acids is 1. The highest BCUT2D eigenvalue weighted by atomic mass is 32.2. The summed E-state index contributed by atoms with van der Waals surface area (Å²) in [5, 5.41) is -0.810. The van der Waals surface area contributed by atoms with Crippen LogP contribution in [0.5, 0.6) is 0 Å². The highest BCUT2D eigenvalue weighted by Gasteiger charge is 2.37. The Labute approximate surface area is 95.4 Å². The molecule has 1 unspecified atom stereocenters. The van der Waals surface area contributed by atoms with Gasteiger partial charge in [0.05, 0.1) is 5.75 Å². The van der Waals surface area contributed by atoms with Crippen LogP contribution in [0.1, 0.15) is 28.8 Å². The Hall–Kier alpha value is -1.16. The third-order valence-corrected chi connectivity index (χ3v) is 5.13. The van der Waals surface area contributed by atoms with Crippen molar-refractivity contribution in [1.29, 1.82) is 0 Å². The minimum Gasteiger partial charge on any atom is -0.293 e. The third-order valence-electron chi connectivity index (χ3n) is 2.96. The summed E-state index contributed by atoms with van der Waals surface area (Å²) in [4.78, 5) is 12.0. The second-order valence-corrected chi connectivity index (χ2v) is 6.53. The van der Waals surface area contributed by atoms with Crippen LogP contribution >= 0.6 is 0 Å². The normalized spacial score (nSPS) is 23.2. The molecule has 1 atom stereocenters. The second-order valence-electron chi connectivity index (χ2n) is 4.23. The Morgan fingerprint density at radius 3 is 2.38 bits per heavy atom. The van der Waals surface area contributed by atoms with E-state index in [4.69, 9.17) is 0 Å². The van der Waals surface area contributed by atoms with Crippen molar-refractivity contribution in [2.45, 2.75) is 25.0 Å². The summed E-state index contributed by atoms with van der Waals surface area (Å²) in [5.74, 6) is -0.104. The van der Waals surface area contributed by atoms with Gasteiger partial charge >= 0.3 is 0 Å². The maximum atomic E-state index is 12.0. The lowest BCUT2D eigenvalue weighted by molar-refractivity contribution is 0.0986. The summed E-state index contributed by atoms with van der Waals surface area (Å²) in [6.45, 7) is 1.93. The van der Waals surface area contributed by atoms with Crippen molar-refractivity contribution in [2.24, 2.45) is 0 Å². The van der Waals surface area contributed by atoms with Crippen LogP contribution in [0.3, 0.4) is 0 Å². The van der Waals surface area contributed by atoms with Crippen molar-refractivity contribution in [3.05, 3.63) is 35.4 Å². The average Bonchev–Trinajstić information content (AvgIpc) is 2.58. The molecule has 1 aromatic rings. The number of rotatable bonds is 2. The monoisotopic (exact) mass is 238 g/mol. The van der Waals surface area contributed by atoms with E-state index >= 15 is 0 Å². The Morgan fingerprint density at radius 1 is 1.25 bits per heavy atom. The van der Waals surface area contributed by atoms with Gasteiger partial charge in [0.1, 0.15) is 5.25 Å². The van der Waals surface area contributed by atoms with Crippen molar-refractivity contribution >= 4 is 15.6 Å². The van der Waals surface area contributed by atoms with Crippen LogP contribution in [0.15, 0.2) is 24.3 Å². The maximum Gasteiger partial charge on any atom is 0.180 e. The van der Waals surface area contributed by atoms with E-state index in [1.54, 1.807) is 12.1 Å². The first-order valence-electron chi connectivity index (χ1n) is 5.33. The van der Waals surface area contributed by atoms with E-state index in [0.717, 1.165) is 5.56 Å². The Bertz CT molecular complexity index is 500. The fourth-order valence-corrected chi connectivity index (χ4v) is 3.83. The van der Waals surface area contributed by atoms with Crippen LogP contribution in [0.25, 0.3) is 0 Å². The molecule has 0 bridgehead atoms. The maximum absolute atomic E-state index is 12.0. The minimum absolute atomic E-state index is 0.148. The van der Waals surface area contributed by atoms with Crippen LogP contribution < -0.4 is 0 Å². The van der Waals surface area contributed by atoms with Crippen molar-refractivity contribution in [1.82, 2.24) is 0 Å². The summed E-state index contributed by atoms with van der Waals surface area (Å²) in [6, 6.07) is 7.06. The van der Waals surface area contributed by atoms with Crippen molar-refractivity contribution in [2.75, 3.05) is 5.75 Å². The quantitative estimate of drug-likeness (QED) is 0.738. The predicted octanol–water partition coefficient (Wildman–Crippen LogP) is 1.75. The van der Waals surface area contributed by atoms with E-state index in [2.05, 4.69) is 0 Å². The molecule has 0 radical (unpaired) electrons. The average molecular weight is 238 g/mol. The molecule has 0 N–H and O–H groups in total. The number of Topliss-reactive ketones (excluding diaryl/α,β-unsaturated/α-hetero) is 1. The highest BCUT2D eigenvalue weighted by molar-refractivity contribution is 7.93. The smallest absolute Gasteiger partial charge is 0.180 e. The molecule has 2 rings (SSSR count).